The maximum Gasteiger partial charge on any atom is 0.224 e. The van der Waals surface area contributed by atoms with Crippen LogP contribution >= 0.6 is 12.2 Å². The number of amides is 1. The number of H-pyrrole nitrogens is 1. The third-order valence-electron chi connectivity index (χ3n) is 4.63. The first-order valence-corrected chi connectivity index (χ1v) is 8.95. The third kappa shape index (κ3) is 3.75. The van der Waals surface area contributed by atoms with E-state index in [1.807, 2.05) is 21.6 Å². The van der Waals surface area contributed by atoms with Crippen LogP contribution in [0.1, 0.15) is 31.7 Å². The van der Waals surface area contributed by atoms with E-state index in [1.54, 1.807) is 0 Å². The van der Waals surface area contributed by atoms with E-state index in [2.05, 4.69) is 36.2 Å². The normalized spacial score (nSPS) is 17.9. The van der Waals surface area contributed by atoms with Crippen molar-refractivity contribution in [2.24, 2.45) is 5.92 Å². The Morgan fingerprint density at radius 1 is 1.38 bits per heavy atom. The molecule has 0 radical (unpaired) electrons. The number of rotatable bonds is 4. The number of benzene rings is 1. The fourth-order valence-corrected chi connectivity index (χ4v) is 3.45. The van der Waals surface area contributed by atoms with Crippen LogP contribution in [0.5, 0.6) is 0 Å². The summed E-state index contributed by atoms with van der Waals surface area (Å²) >= 11 is 5.35. The molecule has 1 amide bonds. The van der Waals surface area contributed by atoms with E-state index in [9.17, 15) is 4.79 Å². The Kier molecular flexibility index (Phi) is 5.14. The molecule has 1 fully saturated rings. The summed E-state index contributed by atoms with van der Waals surface area (Å²) in [4.78, 5) is 14.5. The number of hydrogen-bond donors (Lipinski definition) is 1. The van der Waals surface area contributed by atoms with E-state index in [1.165, 1.54) is 12.0 Å². The molecule has 5 nitrogen and oxygen atoms in total. The van der Waals surface area contributed by atoms with Gasteiger partial charge in [0.2, 0.25) is 5.91 Å². The number of carbonyl (C=O) groups excluding carboxylic acids is 1. The van der Waals surface area contributed by atoms with Gasteiger partial charge >= 0.3 is 0 Å². The molecule has 0 aliphatic carbocycles. The van der Waals surface area contributed by atoms with Crippen molar-refractivity contribution < 1.29 is 4.79 Å². The summed E-state index contributed by atoms with van der Waals surface area (Å²) in [5, 5.41) is 7.19. The van der Waals surface area contributed by atoms with Crippen LogP contribution in [0.15, 0.2) is 24.3 Å². The minimum absolute atomic E-state index is 0.208. The summed E-state index contributed by atoms with van der Waals surface area (Å²) in [6.45, 7) is 6.58. The van der Waals surface area contributed by atoms with Gasteiger partial charge in [0.25, 0.3) is 0 Å². The molecule has 0 spiro atoms. The lowest BCUT2D eigenvalue weighted by Gasteiger charge is -2.31. The van der Waals surface area contributed by atoms with Crippen LogP contribution < -0.4 is 0 Å². The van der Waals surface area contributed by atoms with Crippen molar-refractivity contribution in [2.45, 2.75) is 39.7 Å². The van der Waals surface area contributed by atoms with Gasteiger partial charge in [-0.25, -0.2) is 0 Å². The van der Waals surface area contributed by atoms with Crippen LogP contribution in [0.3, 0.4) is 0 Å². The quantitative estimate of drug-likeness (QED) is 0.863. The molecular formula is C18H24N4OS. The number of hydrogen-bond acceptors (Lipinski definition) is 3. The zero-order valence-electron chi connectivity index (χ0n) is 14.3. The Morgan fingerprint density at radius 2 is 2.12 bits per heavy atom. The number of carbonyl (C=O) groups is 1. The lowest BCUT2D eigenvalue weighted by atomic mass is 10.00. The standard InChI is InChI=1S/C18H24N4OS/c1-13-5-7-15(8-6-13)17-19-20-18(24)22(17)11-9-16(23)21-10-3-4-14(2)12-21/h5-8,14H,3-4,9-12H2,1-2H3,(H,20,24)/t14-/m0/s1. The van der Waals surface area contributed by atoms with Gasteiger partial charge in [0.15, 0.2) is 10.6 Å². The van der Waals surface area contributed by atoms with Gasteiger partial charge in [-0.3, -0.25) is 14.5 Å². The highest BCUT2D eigenvalue weighted by Crippen LogP contribution is 2.20. The van der Waals surface area contributed by atoms with E-state index < -0.39 is 0 Å². The molecule has 0 bridgehead atoms. The minimum atomic E-state index is 0.208. The van der Waals surface area contributed by atoms with Crippen molar-refractivity contribution in [3.63, 3.8) is 0 Å². The number of likely N-dealkylation sites (tertiary alicyclic amines) is 1. The zero-order chi connectivity index (χ0) is 17.1. The lowest BCUT2D eigenvalue weighted by molar-refractivity contribution is -0.133. The monoisotopic (exact) mass is 344 g/mol. The van der Waals surface area contributed by atoms with Crippen molar-refractivity contribution >= 4 is 18.1 Å². The van der Waals surface area contributed by atoms with Gasteiger partial charge in [0, 0.05) is 31.6 Å². The predicted octanol–water partition coefficient (Wildman–Crippen LogP) is 3.56. The Hall–Kier alpha value is -1.95. The molecule has 6 heteroatoms. The number of piperidine rings is 1. The van der Waals surface area contributed by atoms with E-state index in [-0.39, 0.29) is 5.91 Å². The van der Waals surface area contributed by atoms with Crippen molar-refractivity contribution in [3.8, 4) is 11.4 Å². The average Bonchev–Trinajstić information content (AvgIpc) is 2.94. The molecule has 0 unspecified atom stereocenters. The van der Waals surface area contributed by atoms with Gasteiger partial charge in [-0.1, -0.05) is 36.8 Å². The van der Waals surface area contributed by atoms with Crippen LogP contribution in [-0.4, -0.2) is 38.7 Å². The molecule has 1 saturated heterocycles. The summed E-state index contributed by atoms with van der Waals surface area (Å²) in [5.74, 6) is 1.60. The van der Waals surface area contributed by atoms with Crippen LogP contribution in [0.4, 0.5) is 0 Å². The molecular weight excluding hydrogens is 320 g/mol. The molecule has 1 aromatic carbocycles. The van der Waals surface area contributed by atoms with Gasteiger partial charge in [-0.2, -0.15) is 5.10 Å². The van der Waals surface area contributed by atoms with E-state index in [0.717, 1.165) is 30.9 Å². The second kappa shape index (κ2) is 7.30. The molecule has 2 aromatic rings. The van der Waals surface area contributed by atoms with E-state index in [0.29, 0.717) is 23.7 Å². The van der Waals surface area contributed by atoms with Gasteiger partial charge in [-0.15, -0.1) is 0 Å². The summed E-state index contributed by atoms with van der Waals surface area (Å²) in [6, 6.07) is 8.17. The third-order valence-corrected chi connectivity index (χ3v) is 4.94. The van der Waals surface area contributed by atoms with Crippen molar-refractivity contribution in [1.29, 1.82) is 0 Å². The first-order valence-electron chi connectivity index (χ1n) is 8.54. The molecule has 128 valence electrons. The van der Waals surface area contributed by atoms with E-state index >= 15 is 0 Å². The maximum absolute atomic E-state index is 12.5. The fourth-order valence-electron chi connectivity index (χ4n) is 3.23. The van der Waals surface area contributed by atoms with Gasteiger partial charge in [0.1, 0.15) is 0 Å². The van der Waals surface area contributed by atoms with Crippen LogP contribution in [0, 0.1) is 17.6 Å². The Morgan fingerprint density at radius 3 is 2.83 bits per heavy atom. The highest BCUT2D eigenvalue weighted by atomic mass is 32.1. The number of aromatic amines is 1. The second-order valence-corrected chi connectivity index (χ2v) is 7.09. The summed E-state index contributed by atoms with van der Waals surface area (Å²) in [6.07, 6.45) is 2.78. The second-order valence-electron chi connectivity index (χ2n) is 6.71. The van der Waals surface area contributed by atoms with Crippen LogP contribution in [0.25, 0.3) is 11.4 Å². The highest BCUT2D eigenvalue weighted by molar-refractivity contribution is 7.71. The number of aryl methyl sites for hydroxylation is 1. The SMILES string of the molecule is Cc1ccc(-c2n[nH]c(=S)n2CCC(=O)N2CCC[C@H](C)C2)cc1. The molecule has 1 aromatic heterocycles. The van der Waals surface area contributed by atoms with Crippen LogP contribution in [-0.2, 0) is 11.3 Å². The zero-order valence-corrected chi connectivity index (χ0v) is 15.1. The first-order chi connectivity index (χ1) is 11.5. The molecule has 1 N–H and O–H groups in total. The van der Waals surface area contributed by atoms with Gasteiger partial charge in [0.05, 0.1) is 0 Å². The largest absolute Gasteiger partial charge is 0.342 e. The van der Waals surface area contributed by atoms with Crippen molar-refractivity contribution in [1.82, 2.24) is 19.7 Å². The molecule has 1 aliphatic rings. The average molecular weight is 344 g/mol. The van der Waals surface area contributed by atoms with Crippen molar-refractivity contribution in [3.05, 3.63) is 34.6 Å². The first kappa shape index (κ1) is 16.9. The topological polar surface area (TPSA) is 53.9 Å². The Bertz CT molecular complexity index is 762. The Labute approximate surface area is 147 Å². The summed E-state index contributed by atoms with van der Waals surface area (Å²) in [5.41, 5.74) is 2.21. The Balaban J connectivity index is 1.71. The minimum Gasteiger partial charge on any atom is -0.342 e. The van der Waals surface area contributed by atoms with Gasteiger partial charge in [-0.05, 0) is 37.9 Å². The number of nitrogens with one attached hydrogen (secondary N) is 1. The fraction of sp³-hybridized carbons (Fsp3) is 0.500. The molecule has 2 heterocycles. The maximum atomic E-state index is 12.5. The summed E-state index contributed by atoms with van der Waals surface area (Å²) < 4.78 is 2.48. The molecule has 24 heavy (non-hydrogen) atoms. The number of aromatic nitrogens is 3. The highest BCUT2D eigenvalue weighted by Gasteiger charge is 2.21. The molecule has 3 rings (SSSR count). The van der Waals surface area contributed by atoms with Crippen molar-refractivity contribution in [2.75, 3.05) is 13.1 Å². The molecule has 1 aliphatic heterocycles. The van der Waals surface area contributed by atoms with Crippen LogP contribution in [0.2, 0.25) is 0 Å². The molecule has 1 atom stereocenters. The lowest BCUT2D eigenvalue weighted by Crippen LogP contribution is -2.39. The van der Waals surface area contributed by atoms with E-state index in [4.69, 9.17) is 12.2 Å². The smallest absolute Gasteiger partial charge is 0.224 e. The number of nitrogens with zero attached hydrogens (tertiary/aromatic N) is 3. The predicted molar refractivity (Wildman–Crippen MR) is 97.2 cm³/mol. The molecule has 0 saturated carbocycles. The van der Waals surface area contributed by atoms with Gasteiger partial charge < -0.3 is 4.90 Å². The summed E-state index contributed by atoms with van der Waals surface area (Å²) in [7, 11) is 0.